The molecule has 1 amide bonds. The molecule has 5 rings (SSSR count). The smallest absolute Gasteiger partial charge is 0.251 e. The summed E-state index contributed by atoms with van der Waals surface area (Å²) in [5.41, 5.74) is 2.36. The fourth-order valence-electron chi connectivity index (χ4n) is 5.08. The number of carbonyl (C=O) groups excluding carboxylic acids is 1. The summed E-state index contributed by atoms with van der Waals surface area (Å²) in [7, 11) is 0. The van der Waals surface area contributed by atoms with E-state index in [1.807, 2.05) is 31.2 Å². The van der Waals surface area contributed by atoms with Crippen LogP contribution in [0.5, 0.6) is 0 Å². The van der Waals surface area contributed by atoms with Crippen LogP contribution in [0.2, 0.25) is 0 Å². The predicted molar refractivity (Wildman–Crippen MR) is 131 cm³/mol. The van der Waals surface area contributed by atoms with Gasteiger partial charge >= 0.3 is 0 Å². The number of aromatic nitrogens is 2. The molecule has 2 N–H and O–H groups in total. The van der Waals surface area contributed by atoms with Crippen molar-refractivity contribution < 1.29 is 14.3 Å². The summed E-state index contributed by atoms with van der Waals surface area (Å²) in [6, 6.07) is 7.52. The second-order valence-corrected chi connectivity index (χ2v) is 9.45. The number of nitrogens with zero attached hydrogens (tertiary/aromatic N) is 3. The molecule has 1 aromatic heterocycles. The highest BCUT2D eigenvalue weighted by Gasteiger charge is 2.36. The van der Waals surface area contributed by atoms with Crippen molar-refractivity contribution in [3.05, 3.63) is 36.0 Å². The highest BCUT2D eigenvalue weighted by Crippen LogP contribution is 2.37. The van der Waals surface area contributed by atoms with Crippen molar-refractivity contribution >= 4 is 17.5 Å². The quantitative estimate of drug-likeness (QED) is 0.621. The number of ether oxygens (including phenoxy) is 2. The normalized spacial score (nSPS) is 22.8. The monoisotopic (exact) mass is 465 g/mol. The Morgan fingerprint density at radius 1 is 1.15 bits per heavy atom. The van der Waals surface area contributed by atoms with Gasteiger partial charge in [0, 0.05) is 30.8 Å². The summed E-state index contributed by atoms with van der Waals surface area (Å²) in [5.74, 6) is 2.14. The number of fused-ring (bicyclic) bond motifs is 1. The number of hydrogen-bond donors (Lipinski definition) is 2. The molecule has 2 unspecified atom stereocenters. The lowest BCUT2D eigenvalue weighted by atomic mass is 9.89. The van der Waals surface area contributed by atoms with Crippen LogP contribution < -0.4 is 15.5 Å². The van der Waals surface area contributed by atoms with Crippen LogP contribution >= 0.6 is 0 Å². The third kappa shape index (κ3) is 5.18. The summed E-state index contributed by atoms with van der Waals surface area (Å²) in [6.07, 6.45) is 10.8. The van der Waals surface area contributed by atoms with Crippen molar-refractivity contribution in [1.82, 2.24) is 15.3 Å². The molecule has 3 aliphatic rings. The molecular formula is C26H35N5O3. The van der Waals surface area contributed by atoms with Gasteiger partial charge in [-0.15, -0.1) is 0 Å². The molecule has 2 atom stereocenters. The van der Waals surface area contributed by atoms with Crippen LogP contribution in [0.15, 0.2) is 30.5 Å². The number of benzene rings is 1. The van der Waals surface area contributed by atoms with Crippen molar-refractivity contribution in [2.75, 3.05) is 29.9 Å². The Kier molecular flexibility index (Phi) is 7.25. The lowest BCUT2D eigenvalue weighted by Gasteiger charge is -2.34. The highest BCUT2D eigenvalue weighted by molar-refractivity contribution is 5.94. The summed E-state index contributed by atoms with van der Waals surface area (Å²) in [6.45, 7) is 4.16. The molecule has 3 heterocycles. The lowest BCUT2D eigenvalue weighted by Crippen LogP contribution is -2.44. The summed E-state index contributed by atoms with van der Waals surface area (Å²) >= 11 is 0. The van der Waals surface area contributed by atoms with Crippen molar-refractivity contribution in [2.24, 2.45) is 5.92 Å². The van der Waals surface area contributed by atoms with E-state index in [1.54, 1.807) is 6.20 Å². The molecular weight excluding hydrogens is 430 g/mol. The Labute approximate surface area is 201 Å². The lowest BCUT2D eigenvalue weighted by molar-refractivity contribution is -0.181. The second-order valence-electron chi connectivity index (χ2n) is 9.45. The molecule has 8 nitrogen and oxygen atoms in total. The summed E-state index contributed by atoms with van der Waals surface area (Å²) in [4.78, 5) is 24.0. The molecule has 1 saturated heterocycles. The average molecular weight is 466 g/mol. The van der Waals surface area contributed by atoms with Crippen molar-refractivity contribution in [1.29, 1.82) is 0 Å². The molecule has 2 fully saturated rings. The van der Waals surface area contributed by atoms with Crippen LogP contribution in [0.3, 0.4) is 0 Å². The van der Waals surface area contributed by atoms with Gasteiger partial charge in [-0.25, -0.2) is 9.97 Å². The zero-order valence-electron chi connectivity index (χ0n) is 20.0. The second kappa shape index (κ2) is 10.7. The number of carbonyl (C=O) groups is 1. The predicted octanol–water partition coefficient (Wildman–Crippen LogP) is 4.53. The number of hydrogen-bond acceptors (Lipinski definition) is 7. The molecule has 0 radical (unpaired) electrons. The van der Waals surface area contributed by atoms with Crippen LogP contribution in [-0.2, 0) is 9.47 Å². The molecule has 0 spiro atoms. The maximum atomic E-state index is 12.1. The van der Waals surface area contributed by atoms with Crippen molar-refractivity contribution in [3.63, 3.8) is 0 Å². The molecule has 1 aliphatic carbocycles. The van der Waals surface area contributed by atoms with E-state index in [0.717, 1.165) is 55.3 Å². The van der Waals surface area contributed by atoms with Crippen molar-refractivity contribution in [2.45, 2.75) is 70.9 Å². The van der Waals surface area contributed by atoms with Crippen LogP contribution in [0.4, 0.5) is 11.6 Å². The fraction of sp³-hybridized carbons (Fsp3) is 0.577. The number of anilines is 2. The molecule has 2 aromatic rings. The highest BCUT2D eigenvalue weighted by atomic mass is 16.7. The van der Waals surface area contributed by atoms with E-state index in [9.17, 15) is 4.79 Å². The maximum Gasteiger partial charge on any atom is 0.251 e. The Bertz CT molecular complexity index is 971. The Morgan fingerprint density at radius 3 is 2.68 bits per heavy atom. The topological polar surface area (TPSA) is 88.6 Å². The van der Waals surface area contributed by atoms with Crippen LogP contribution in [0, 0.1) is 5.92 Å². The third-order valence-electron chi connectivity index (χ3n) is 6.95. The van der Waals surface area contributed by atoms with Crippen LogP contribution in [0.1, 0.15) is 68.6 Å². The first-order valence-electron chi connectivity index (χ1n) is 12.8. The summed E-state index contributed by atoms with van der Waals surface area (Å²) in [5, 5.41) is 6.27. The van der Waals surface area contributed by atoms with Gasteiger partial charge in [-0.3, -0.25) is 4.79 Å². The van der Waals surface area contributed by atoms with Crippen molar-refractivity contribution in [3.8, 4) is 11.3 Å². The first-order valence-corrected chi connectivity index (χ1v) is 12.8. The average Bonchev–Trinajstić information content (AvgIpc) is 3.21. The summed E-state index contributed by atoms with van der Waals surface area (Å²) < 4.78 is 12.2. The largest absolute Gasteiger partial charge is 0.352 e. The Balaban J connectivity index is 1.38. The van der Waals surface area contributed by atoms with Gasteiger partial charge in [0.1, 0.15) is 0 Å². The van der Waals surface area contributed by atoms with E-state index in [-0.39, 0.29) is 18.5 Å². The number of amides is 1. The zero-order valence-corrected chi connectivity index (χ0v) is 20.0. The van der Waals surface area contributed by atoms with E-state index in [4.69, 9.17) is 19.4 Å². The van der Waals surface area contributed by atoms with Gasteiger partial charge < -0.3 is 25.0 Å². The standard InChI is InChI=1S/C26H35N5O3/c1-2-27-25(32)20-13-11-19(12-14-20)21-16-28-23-24(29-21)31(17-18-8-4-3-5-9-18)26(30-23)34-22-10-6-7-15-33-22/h11-14,16,18,22,26H,2-10,15,17H2,1H3,(H,27,32)(H,28,30). The van der Waals surface area contributed by atoms with Gasteiger partial charge in [0.2, 0.25) is 6.35 Å². The van der Waals surface area contributed by atoms with E-state index in [1.165, 1.54) is 32.1 Å². The van der Waals surface area contributed by atoms with E-state index < -0.39 is 0 Å². The number of nitrogens with one attached hydrogen (secondary N) is 2. The van der Waals surface area contributed by atoms with Gasteiger partial charge in [0.25, 0.3) is 5.91 Å². The van der Waals surface area contributed by atoms with Gasteiger partial charge in [-0.2, -0.15) is 0 Å². The molecule has 1 saturated carbocycles. The molecule has 182 valence electrons. The van der Waals surface area contributed by atoms with Gasteiger partial charge in [-0.1, -0.05) is 31.4 Å². The third-order valence-corrected chi connectivity index (χ3v) is 6.95. The van der Waals surface area contributed by atoms with Crippen LogP contribution in [0.25, 0.3) is 11.3 Å². The molecule has 1 aromatic carbocycles. The minimum absolute atomic E-state index is 0.0677. The van der Waals surface area contributed by atoms with E-state index in [0.29, 0.717) is 18.0 Å². The first-order chi connectivity index (χ1) is 16.7. The molecule has 34 heavy (non-hydrogen) atoms. The van der Waals surface area contributed by atoms with Gasteiger partial charge in [-0.05, 0) is 57.1 Å². The minimum atomic E-state index is -0.324. The molecule has 0 bridgehead atoms. The zero-order chi connectivity index (χ0) is 23.3. The Hall–Kier alpha value is -2.71. The van der Waals surface area contributed by atoms with Gasteiger partial charge in [0.05, 0.1) is 11.9 Å². The maximum absolute atomic E-state index is 12.1. The molecule has 2 aliphatic heterocycles. The minimum Gasteiger partial charge on any atom is -0.352 e. The van der Waals surface area contributed by atoms with E-state index in [2.05, 4.69) is 15.5 Å². The van der Waals surface area contributed by atoms with Crippen LogP contribution in [-0.4, -0.2) is 48.2 Å². The van der Waals surface area contributed by atoms with E-state index >= 15 is 0 Å². The van der Waals surface area contributed by atoms with Gasteiger partial charge in [0.15, 0.2) is 17.9 Å². The first kappa shape index (κ1) is 23.1. The fourth-order valence-corrected chi connectivity index (χ4v) is 5.08. The SMILES string of the molecule is CCNC(=O)c1ccc(-c2cnc3c(n2)N(CC2CCCCC2)C(OC2CCCCO2)N3)cc1. The number of rotatable bonds is 7. The molecule has 8 heteroatoms. The Morgan fingerprint density at radius 2 is 1.94 bits per heavy atom.